The lowest BCUT2D eigenvalue weighted by Gasteiger charge is -1.98. The van der Waals surface area contributed by atoms with E-state index in [-0.39, 0.29) is 11.5 Å². The lowest BCUT2D eigenvalue weighted by Crippen LogP contribution is -1.85. The molecular weight excluding hydrogens is 310 g/mol. The first-order chi connectivity index (χ1) is 10.6. The van der Waals surface area contributed by atoms with Crippen molar-refractivity contribution >= 4 is 18.5 Å². The molecule has 4 heteroatoms. The second kappa shape index (κ2) is 19.9. The van der Waals surface area contributed by atoms with Crippen LogP contribution in [0.1, 0.15) is 26.7 Å². The van der Waals surface area contributed by atoms with E-state index in [4.69, 9.17) is 0 Å². The van der Waals surface area contributed by atoms with Crippen molar-refractivity contribution in [3.63, 3.8) is 0 Å². The Bertz CT molecular complexity index is 362. The van der Waals surface area contributed by atoms with Crippen LogP contribution in [0.5, 0.6) is 11.5 Å². The molecule has 2 rings (SSSR count). The van der Waals surface area contributed by atoms with Gasteiger partial charge in [0.15, 0.2) is 0 Å². The summed E-state index contributed by atoms with van der Waals surface area (Å²) in [6.45, 7) is 4.38. The second-order valence-electron chi connectivity index (χ2n) is 4.33. The summed E-state index contributed by atoms with van der Waals surface area (Å²) in [4.78, 5) is 0. The molecule has 2 aromatic rings. The minimum Gasteiger partial charge on any atom is -0.872 e. The Morgan fingerprint density at radius 1 is 0.636 bits per heavy atom. The fourth-order valence-electron chi connectivity index (χ4n) is 0.841. The van der Waals surface area contributed by atoms with Crippen molar-refractivity contribution in [3.8, 4) is 11.5 Å². The lowest BCUT2D eigenvalue weighted by molar-refractivity contribution is -0.269. The van der Waals surface area contributed by atoms with E-state index in [0.717, 1.165) is 0 Å². The van der Waals surface area contributed by atoms with Gasteiger partial charge in [-0.25, -0.2) is 0 Å². The van der Waals surface area contributed by atoms with Crippen molar-refractivity contribution < 1.29 is 10.2 Å². The predicted octanol–water partition coefficient (Wildman–Crippen LogP) is 3.53. The van der Waals surface area contributed by atoms with Crippen LogP contribution in [0.2, 0.25) is 0 Å². The van der Waals surface area contributed by atoms with Crippen molar-refractivity contribution in [2.24, 2.45) is 0 Å². The van der Waals surface area contributed by atoms with E-state index in [9.17, 15) is 10.2 Å². The van der Waals surface area contributed by atoms with Gasteiger partial charge >= 0.3 is 0 Å². The van der Waals surface area contributed by atoms with Gasteiger partial charge in [0.05, 0.1) is 12.3 Å². The van der Waals surface area contributed by atoms with Gasteiger partial charge in [-0.3, -0.25) is 0 Å². The van der Waals surface area contributed by atoms with Crippen molar-refractivity contribution in [3.05, 3.63) is 60.7 Å². The highest BCUT2D eigenvalue weighted by molar-refractivity contribution is 7.16. The highest BCUT2D eigenvalue weighted by Gasteiger charge is 1.65. The first-order valence-corrected chi connectivity index (χ1v) is 9.64. The Kier molecular flexibility index (Phi) is 21.0. The summed E-state index contributed by atoms with van der Waals surface area (Å²) in [5, 5.41) is 20.5. The molecule has 0 saturated heterocycles. The van der Waals surface area contributed by atoms with Crippen LogP contribution in [0, 0.1) is 0 Å². The van der Waals surface area contributed by atoms with Crippen LogP contribution in [0.3, 0.4) is 0 Å². The zero-order valence-electron chi connectivity index (χ0n) is 13.8. The quantitative estimate of drug-likeness (QED) is 0.785. The topological polar surface area (TPSA) is 46.1 Å². The van der Waals surface area contributed by atoms with Gasteiger partial charge in [0.2, 0.25) is 0 Å². The van der Waals surface area contributed by atoms with Crippen LogP contribution in [-0.4, -0.2) is 12.3 Å². The van der Waals surface area contributed by atoms with Gasteiger partial charge in [0, 0.05) is 0 Å². The monoisotopic (exact) mass is 340 g/mol. The summed E-state index contributed by atoms with van der Waals surface area (Å²) in [5.74, 6) is 0.144. The molecule has 0 spiro atoms. The number of para-hydroxylation sites is 2. The number of hydrogen-bond acceptors (Lipinski definition) is 2. The van der Waals surface area contributed by atoms with E-state index < -0.39 is 0 Å². The van der Waals surface area contributed by atoms with Gasteiger partial charge in [-0.05, 0) is 31.3 Å². The van der Waals surface area contributed by atoms with Gasteiger partial charge in [-0.15, -0.1) is 11.5 Å². The largest absolute Gasteiger partial charge is 0.872 e. The van der Waals surface area contributed by atoms with E-state index in [2.05, 4.69) is 13.8 Å². The SMILES string of the molecule is CCC[PH3+].CCC[PH3+].[O-]c1ccccc1.[O-]c1ccccc1. The van der Waals surface area contributed by atoms with Crippen molar-refractivity contribution in [2.45, 2.75) is 26.7 Å². The van der Waals surface area contributed by atoms with E-state index in [1.165, 1.54) is 49.4 Å². The van der Waals surface area contributed by atoms with Crippen LogP contribution in [0.4, 0.5) is 0 Å². The first kappa shape index (κ1) is 23.2. The molecular formula is C18H30O2P2. The minimum atomic E-state index is 0.0718. The molecule has 0 amide bonds. The molecule has 0 aromatic heterocycles. The maximum absolute atomic E-state index is 10.3. The molecule has 0 fully saturated rings. The fraction of sp³-hybridized carbons (Fsp3) is 0.333. The molecule has 0 heterocycles. The summed E-state index contributed by atoms with van der Waals surface area (Å²) in [6, 6.07) is 16.7. The molecule has 2 atom stereocenters. The standard InChI is InChI=1S/2C6H6O.2C3H9P/c2*7-6-4-2-1-3-5-6;2*1-2-3-4/h2*1-5,7H;2*2-4H2,1H3. The molecule has 0 aliphatic heterocycles. The van der Waals surface area contributed by atoms with Gasteiger partial charge in [0.1, 0.15) is 0 Å². The lowest BCUT2D eigenvalue weighted by atomic mass is 10.3. The molecule has 2 aromatic carbocycles. The fourth-order valence-corrected chi connectivity index (χ4v) is 0.841. The Morgan fingerprint density at radius 3 is 0.955 bits per heavy atom. The normalized spacial score (nSPS) is 8.45. The maximum atomic E-state index is 10.3. The van der Waals surface area contributed by atoms with Crippen molar-refractivity contribution in [1.82, 2.24) is 0 Å². The van der Waals surface area contributed by atoms with Gasteiger partial charge in [-0.1, -0.05) is 74.5 Å². The van der Waals surface area contributed by atoms with Gasteiger partial charge in [0.25, 0.3) is 0 Å². The minimum absolute atomic E-state index is 0.0718. The third kappa shape index (κ3) is 21.2. The Balaban J connectivity index is 0. The first-order valence-electron chi connectivity index (χ1n) is 7.64. The zero-order chi connectivity index (χ0) is 17.1. The Morgan fingerprint density at radius 2 is 0.864 bits per heavy atom. The zero-order valence-corrected chi connectivity index (χ0v) is 16.7. The summed E-state index contributed by atoms with van der Waals surface area (Å²) in [5.41, 5.74) is 0. The van der Waals surface area contributed by atoms with Crippen LogP contribution >= 0.6 is 18.5 Å². The molecule has 0 radical (unpaired) electrons. The highest BCUT2D eigenvalue weighted by Crippen LogP contribution is 1.98. The molecule has 0 aliphatic rings. The number of rotatable bonds is 2. The smallest absolute Gasteiger partial charge is 0.0524 e. The average molecular weight is 340 g/mol. The van der Waals surface area contributed by atoms with E-state index in [1.807, 2.05) is 30.6 Å². The van der Waals surface area contributed by atoms with Gasteiger partial charge < -0.3 is 10.2 Å². The van der Waals surface area contributed by atoms with Crippen LogP contribution < -0.4 is 10.2 Å². The van der Waals surface area contributed by atoms with Gasteiger partial charge in [-0.2, -0.15) is 0 Å². The highest BCUT2D eigenvalue weighted by atomic mass is 31.0. The van der Waals surface area contributed by atoms with Crippen LogP contribution in [0.25, 0.3) is 0 Å². The average Bonchev–Trinajstić information content (AvgIpc) is 2.57. The Hall–Kier alpha value is -1.10. The molecule has 124 valence electrons. The van der Waals surface area contributed by atoms with Crippen molar-refractivity contribution in [1.29, 1.82) is 0 Å². The van der Waals surface area contributed by atoms with Crippen molar-refractivity contribution in [2.75, 3.05) is 12.3 Å². The third-order valence-electron chi connectivity index (χ3n) is 2.19. The molecule has 22 heavy (non-hydrogen) atoms. The summed E-state index contributed by atoms with van der Waals surface area (Å²) < 4.78 is 0. The molecule has 0 aliphatic carbocycles. The van der Waals surface area contributed by atoms with E-state index >= 15 is 0 Å². The maximum Gasteiger partial charge on any atom is 0.0524 e. The predicted molar refractivity (Wildman–Crippen MR) is 104 cm³/mol. The third-order valence-corrected chi connectivity index (χ3v) is 3.61. The molecule has 0 saturated carbocycles. The van der Waals surface area contributed by atoms with Crippen LogP contribution in [0.15, 0.2) is 60.7 Å². The summed E-state index contributed by atoms with van der Waals surface area (Å²) in [7, 11) is 4.04. The van der Waals surface area contributed by atoms with Crippen LogP contribution in [-0.2, 0) is 0 Å². The van der Waals surface area contributed by atoms with E-state index in [0.29, 0.717) is 0 Å². The number of hydrogen-bond donors (Lipinski definition) is 0. The summed E-state index contributed by atoms with van der Waals surface area (Å²) in [6.07, 6.45) is 5.36. The molecule has 0 N–H and O–H groups in total. The summed E-state index contributed by atoms with van der Waals surface area (Å²) >= 11 is 0. The molecule has 2 nitrogen and oxygen atoms in total. The molecule has 0 bridgehead atoms. The second-order valence-corrected chi connectivity index (χ2v) is 5.75. The van der Waals surface area contributed by atoms with E-state index in [1.54, 1.807) is 24.3 Å². The molecule has 2 unspecified atom stereocenters. The number of benzene rings is 2. The Labute approximate surface area is 140 Å².